The Morgan fingerprint density at radius 2 is 1.56 bits per heavy atom. The molecule has 0 aromatic rings. The molecule has 4 unspecified atom stereocenters. The van der Waals surface area contributed by atoms with Crippen molar-refractivity contribution in [2.24, 2.45) is 23.7 Å². The van der Waals surface area contributed by atoms with Gasteiger partial charge in [-0.25, -0.2) is 0 Å². The summed E-state index contributed by atoms with van der Waals surface area (Å²) >= 11 is -2.13. The Hall–Kier alpha value is 1.23. The second kappa shape index (κ2) is 8.36. The van der Waals surface area contributed by atoms with E-state index in [1.54, 1.807) is 0 Å². The number of hydrogen-bond acceptors (Lipinski definition) is 0. The molecule has 0 aromatic heterocycles. The maximum absolute atomic E-state index is 5.00. The van der Waals surface area contributed by atoms with E-state index < -0.39 is 18.2 Å². The fourth-order valence-electron chi connectivity index (χ4n) is 2.49. The van der Waals surface area contributed by atoms with Crippen LogP contribution in [0, 0.1) is 31.1 Å². The topological polar surface area (TPSA) is 0 Å². The van der Waals surface area contributed by atoms with Gasteiger partial charge in [-0.2, -0.15) is 0 Å². The summed E-state index contributed by atoms with van der Waals surface area (Å²) in [5.41, 5.74) is 0. The van der Waals surface area contributed by atoms with E-state index in [1.807, 2.05) is 0 Å². The second-order valence-corrected chi connectivity index (χ2v) is 15.5. The van der Waals surface area contributed by atoms with Crippen LogP contribution in [0.25, 0.3) is 0 Å². The summed E-state index contributed by atoms with van der Waals surface area (Å²) in [6, 6.07) is 0. The summed E-state index contributed by atoms with van der Waals surface area (Å²) in [5, 5.41) is 0. The number of halogens is 3. The molecule has 0 nitrogen and oxygen atoms in total. The molecular weight excluding hydrogens is 342 g/mol. The van der Waals surface area contributed by atoms with E-state index in [2.05, 4.69) is 38.2 Å². The van der Waals surface area contributed by atoms with Crippen LogP contribution in [0.5, 0.6) is 0 Å². The third kappa shape index (κ3) is 5.25. The summed E-state index contributed by atoms with van der Waals surface area (Å²) in [6.45, 7) is 4.77. The SMILES string of the molecule is CC1CC2C=CC=CC2C1C.[CH3-].[Cl][Zr]([Cl])[Cl]. The molecule has 2 aliphatic rings. The van der Waals surface area contributed by atoms with Crippen molar-refractivity contribution < 1.29 is 18.2 Å². The summed E-state index contributed by atoms with van der Waals surface area (Å²) in [4.78, 5) is 0. The first-order chi connectivity index (χ1) is 7.02. The van der Waals surface area contributed by atoms with Crippen LogP contribution in [0.2, 0.25) is 0 Å². The molecule has 0 N–H and O–H groups in total. The number of allylic oxidation sites excluding steroid dienone is 4. The van der Waals surface area contributed by atoms with E-state index in [9.17, 15) is 0 Å². The van der Waals surface area contributed by atoms with Crippen LogP contribution in [0.3, 0.4) is 0 Å². The van der Waals surface area contributed by atoms with Crippen molar-refractivity contribution >= 4 is 25.5 Å². The van der Waals surface area contributed by atoms with Gasteiger partial charge in [-0.3, -0.25) is 0 Å². The van der Waals surface area contributed by atoms with Crippen LogP contribution in [0.1, 0.15) is 20.3 Å². The van der Waals surface area contributed by atoms with Gasteiger partial charge in [0.1, 0.15) is 0 Å². The van der Waals surface area contributed by atoms with Crippen molar-refractivity contribution in [1.29, 1.82) is 0 Å². The van der Waals surface area contributed by atoms with E-state index in [-0.39, 0.29) is 7.43 Å². The quantitative estimate of drug-likeness (QED) is 0.498. The van der Waals surface area contributed by atoms with Gasteiger partial charge in [0.25, 0.3) is 0 Å². The monoisotopic (exact) mass is 358 g/mol. The number of hydrogen-bond donors (Lipinski definition) is 0. The zero-order chi connectivity index (χ0) is 11.4. The molecule has 0 radical (unpaired) electrons. The third-order valence-electron chi connectivity index (χ3n) is 3.45. The molecule has 1 saturated carbocycles. The average Bonchev–Trinajstić information content (AvgIpc) is 2.43. The van der Waals surface area contributed by atoms with Crippen molar-refractivity contribution in [3.05, 3.63) is 31.7 Å². The Morgan fingerprint density at radius 3 is 2.06 bits per heavy atom. The molecular formula is C12H19Cl3Zr-. The zero-order valence-electron chi connectivity index (χ0n) is 9.96. The third-order valence-corrected chi connectivity index (χ3v) is 3.45. The minimum absolute atomic E-state index is 0. The molecule has 0 saturated heterocycles. The van der Waals surface area contributed by atoms with Gasteiger partial charge in [0.15, 0.2) is 0 Å². The Labute approximate surface area is 118 Å². The van der Waals surface area contributed by atoms with Gasteiger partial charge >= 0.3 is 43.7 Å². The van der Waals surface area contributed by atoms with Crippen LogP contribution in [-0.2, 0) is 18.2 Å². The van der Waals surface area contributed by atoms with E-state index in [1.165, 1.54) is 6.42 Å². The molecule has 0 bridgehead atoms. The summed E-state index contributed by atoms with van der Waals surface area (Å²) in [7, 11) is 15.0. The fourth-order valence-corrected chi connectivity index (χ4v) is 2.49. The first-order valence-electron chi connectivity index (χ1n) is 5.20. The standard InChI is InChI=1S/C11H16.CH3.3ClH.Zr/c1-8-7-10-5-3-4-6-11(10)9(8)2;;;;;/h3-6,8-11H,7H2,1-2H3;1H3;3*1H;/q;-1;;;;+3/p-3. The molecule has 2 rings (SSSR count). The van der Waals surface area contributed by atoms with E-state index in [4.69, 9.17) is 25.5 Å². The van der Waals surface area contributed by atoms with Crippen molar-refractivity contribution in [2.45, 2.75) is 20.3 Å². The zero-order valence-corrected chi connectivity index (χ0v) is 14.7. The Balaban J connectivity index is 0.000000397. The van der Waals surface area contributed by atoms with Gasteiger partial charge in [-0.05, 0) is 30.1 Å². The number of fused-ring (bicyclic) bond motifs is 1. The van der Waals surface area contributed by atoms with Crippen molar-refractivity contribution in [2.75, 3.05) is 0 Å². The molecule has 4 heteroatoms. The Morgan fingerprint density at radius 1 is 1.06 bits per heavy atom. The molecule has 0 aliphatic heterocycles. The van der Waals surface area contributed by atoms with Crippen LogP contribution < -0.4 is 0 Å². The summed E-state index contributed by atoms with van der Waals surface area (Å²) in [6.07, 6.45) is 10.6. The molecule has 93 valence electrons. The number of rotatable bonds is 0. The van der Waals surface area contributed by atoms with E-state index in [0.29, 0.717) is 0 Å². The normalized spacial score (nSPS) is 34.6. The first kappa shape index (κ1) is 17.2. The molecule has 0 spiro atoms. The minimum atomic E-state index is -2.13. The van der Waals surface area contributed by atoms with Crippen molar-refractivity contribution in [3.8, 4) is 0 Å². The van der Waals surface area contributed by atoms with Crippen LogP contribution in [0.4, 0.5) is 0 Å². The maximum atomic E-state index is 5.00. The van der Waals surface area contributed by atoms with Crippen molar-refractivity contribution in [3.63, 3.8) is 0 Å². The predicted octanol–water partition coefficient (Wildman–Crippen LogP) is 5.54. The van der Waals surface area contributed by atoms with Crippen molar-refractivity contribution in [1.82, 2.24) is 0 Å². The average molecular weight is 361 g/mol. The molecule has 0 amide bonds. The fraction of sp³-hybridized carbons (Fsp3) is 0.583. The van der Waals surface area contributed by atoms with Crippen LogP contribution >= 0.6 is 25.5 Å². The molecule has 1 fully saturated rings. The Kier molecular flexibility index (Phi) is 9.00. The summed E-state index contributed by atoms with van der Waals surface area (Å²) < 4.78 is 0. The second-order valence-electron chi connectivity index (χ2n) is 4.30. The summed E-state index contributed by atoms with van der Waals surface area (Å²) in [5.74, 6) is 3.50. The van der Waals surface area contributed by atoms with Gasteiger partial charge in [0, 0.05) is 0 Å². The van der Waals surface area contributed by atoms with Gasteiger partial charge in [0.2, 0.25) is 0 Å². The molecule has 2 aliphatic carbocycles. The molecule has 0 heterocycles. The van der Waals surface area contributed by atoms with Crippen LogP contribution in [-0.4, -0.2) is 0 Å². The molecule has 16 heavy (non-hydrogen) atoms. The Bertz CT molecular complexity index is 248. The molecule has 4 atom stereocenters. The van der Waals surface area contributed by atoms with Gasteiger partial charge in [-0.1, -0.05) is 38.2 Å². The van der Waals surface area contributed by atoms with Crippen LogP contribution in [0.15, 0.2) is 24.3 Å². The van der Waals surface area contributed by atoms with E-state index >= 15 is 0 Å². The van der Waals surface area contributed by atoms with Gasteiger partial charge in [-0.15, -0.1) is 0 Å². The first-order valence-corrected chi connectivity index (χ1v) is 14.7. The molecule has 0 aromatic carbocycles. The van der Waals surface area contributed by atoms with E-state index in [0.717, 1.165) is 23.7 Å². The van der Waals surface area contributed by atoms with Gasteiger partial charge < -0.3 is 7.43 Å². The predicted molar refractivity (Wildman–Crippen MR) is 72.2 cm³/mol. The van der Waals surface area contributed by atoms with Gasteiger partial charge in [0.05, 0.1) is 0 Å².